The molecule has 2 bridgehead atoms. The van der Waals surface area contributed by atoms with E-state index in [1.807, 2.05) is 6.08 Å². The molecule has 2 heterocycles. The number of hydrogen-bond donors (Lipinski definition) is 0. The summed E-state index contributed by atoms with van der Waals surface area (Å²) in [6, 6.07) is 0. The minimum absolute atomic E-state index is 0.219. The summed E-state index contributed by atoms with van der Waals surface area (Å²) < 4.78 is 9.88. The molecule has 0 spiro atoms. The maximum atomic E-state index is 11.6. The van der Waals surface area contributed by atoms with Crippen LogP contribution in [0.25, 0.3) is 0 Å². The van der Waals surface area contributed by atoms with Crippen molar-refractivity contribution in [3.63, 3.8) is 0 Å². The molecule has 0 aromatic rings. The summed E-state index contributed by atoms with van der Waals surface area (Å²) in [4.78, 5) is 23.1. The van der Waals surface area contributed by atoms with Crippen molar-refractivity contribution in [1.29, 1.82) is 0 Å². The van der Waals surface area contributed by atoms with Gasteiger partial charge in [-0.15, -0.1) is 6.58 Å². The monoisotopic (exact) mass is 236 g/mol. The Bertz CT molecular complexity index is 383. The van der Waals surface area contributed by atoms with Crippen LogP contribution in [0.4, 0.5) is 0 Å². The summed E-state index contributed by atoms with van der Waals surface area (Å²) >= 11 is 0. The summed E-state index contributed by atoms with van der Waals surface area (Å²) in [5, 5.41) is 0. The Labute approximate surface area is 100 Å². The van der Waals surface area contributed by atoms with Crippen LogP contribution in [0.1, 0.15) is 19.3 Å². The van der Waals surface area contributed by atoms with E-state index in [2.05, 4.69) is 11.3 Å². The Balaban J connectivity index is 2.17. The van der Waals surface area contributed by atoms with Gasteiger partial charge in [0.1, 0.15) is 6.10 Å². The van der Waals surface area contributed by atoms with Gasteiger partial charge in [-0.25, -0.2) is 4.79 Å². The molecule has 0 N–H and O–H groups in total. The van der Waals surface area contributed by atoms with Gasteiger partial charge < -0.3 is 9.47 Å². The standard InChI is InChI=1S/C13H16O4/c1-3-4-5-8-6-11-10(12(14)16-2)7-9(8)13(15)17-11/h3,7-9,11H,1,4-6H2,2H3/t8-,9+,11+/m1/s1. The van der Waals surface area contributed by atoms with Crippen molar-refractivity contribution in [2.45, 2.75) is 25.4 Å². The number of carbonyl (C=O) groups is 2. The molecule has 4 heteroatoms. The van der Waals surface area contributed by atoms with Crippen molar-refractivity contribution in [3.8, 4) is 0 Å². The van der Waals surface area contributed by atoms with Crippen molar-refractivity contribution >= 4 is 11.9 Å². The SMILES string of the molecule is C=CCC[C@@H]1C[C@@H]2OC(=O)[C@H]1C=C2C(=O)OC. The number of rotatable bonds is 4. The first-order chi connectivity index (χ1) is 8.17. The fourth-order valence-electron chi connectivity index (χ4n) is 2.52. The largest absolute Gasteiger partial charge is 0.466 e. The van der Waals surface area contributed by atoms with Crippen LogP contribution in [-0.4, -0.2) is 25.2 Å². The molecule has 3 rings (SSSR count). The highest BCUT2D eigenvalue weighted by atomic mass is 16.6. The van der Waals surface area contributed by atoms with Crippen LogP contribution in [0, 0.1) is 11.8 Å². The molecule has 1 aliphatic carbocycles. The van der Waals surface area contributed by atoms with Gasteiger partial charge in [0, 0.05) is 0 Å². The second-order valence-electron chi connectivity index (χ2n) is 4.43. The Morgan fingerprint density at radius 3 is 3.06 bits per heavy atom. The van der Waals surface area contributed by atoms with Gasteiger partial charge in [0.25, 0.3) is 0 Å². The first-order valence-corrected chi connectivity index (χ1v) is 5.78. The van der Waals surface area contributed by atoms with Crippen LogP contribution in [0.15, 0.2) is 24.3 Å². The third-order valence-electron chi connectivity index (χ3n) is 3.42. The van der Waals surface area contributed by atoms with Gasteiger partial charge >= 0.3 is 11.9 Å². The maximum absolute atomic E-state index is 11.6. The number of fused-ring (bicyclic) bond motifs is 2. The van der Waals surface area contributed by atoms with E-state index < -0.39 is 12.1 Å². The van der Waals surface area contributed by atoms with E-state index >= 15 is 0 Å². The Morgan fingerprint density at radius 1 is 1.71 bits per heavy atom. The molecule has 0 aromatic carbocycles. The predicted molar refractivity (Wildman–Crippen MR) is 61.0 cm³/mol. The number of ether oxygens (including phenoxy) is 2. The quantitative estimate of drug-likeness (QED) is 0.549. The topological polar surface area (TPSA) is 52.6 Å². The molecule has 3 atom stereocenters. The number of allylic oxidation sites excluding steroid dienone is 1. The van der Waals surface area contributed by atoms with Crippen molar-refractivity contribution in [3.05, 3.63) is 24.3 Å². The molecular weight excluding hydrogens is 220 g/mol. The smallest absolute Gasteiger partial charge is 0.337 e. The Hall–Kier alpha value is -1.58. The molecule has 0 saturated carbocycles. The van der Waals surface area contributed by atoms with Gasteiger partial charge in [-0.05, 0) is 25.2 Å². The van der Waals surface area contributed by atoms with E-state index in [4.69, 9.17) is 4.74 Å². The lowest BCUT2D eigenvalue weighted by atomic mass is 9.74. The summed E-state index contributed by atoms with van der Waals surface area (Å²) in [6.07, 6.45) is 5.64. The molecule has 1 fully saturated rings. The molecular formula is C13H16O4. The van der Waals surface area contributed by atoms with Gasteiger partial charge in [-0.1, -0.05) is 12.2 Å². The second-order valence-corrected chi connectivity index (χ2v) is 4.43. The van der Waals surface area contributed by atoms with Gasteiger partial charge in [0.15, 0.2) is 0 Å². The number of carbonyl (C=O) groups excluding carboxylic acids is 2. The molecule has 92 valence electrons. The zero-order valence-electron chi connectivity index (χ0n) is 9.85. The van der Waals surface area contributed by atoms with E-state index in [0.717, 1.165) is 12.8 Å². The molecule has 1 saturated heterocycles. The van der Waals surface area contributed by atoms with Gasteiger partial charge in [0.2, 0.25) is 0 Å². The van der Waals surface area contributed by atoms with E-state index in [-0.39, 0.29) is 17.8 Å². The molecule has 3 aliphatic rings. The average Bonchev–Trinajstić information content (AvgIpc) is 2.35. The summed E-state index contributed by atoms with van der Waals surface area (Å²) in [5.41, 5.74) is 0.493. The van der Waals surface area contributed by atoms with Crippen LogP contribution >= 0.6 is 0 Å². The molecule has 0 unspecified atom stereocenters. The van der Waals surface area contributed by atoms with Crippen molar-refractivity contribution in [2.75, 3.05) is 7.11 Å². The third-order valence-corrected chi connectivity index (χ3v) is 3.42. The predicted octanol–water partition coefficient (Wildman–Crippen LogP) is 1.61. The number of hydrogen-bond acceptors (Lipinski definition) is 4. The summed E-state index contributed by atoms with van der Waals surface area (Å²) in [5.74, 6) is -0.653. The number of esters is 2. The summed E-state index contributed by atoms with van der Waals surface area (Å²) in [7, 11) is 1.34. The Morgan fingerprint density at radius 2 is 2.47 bits per heavy atom. The van der Waals surface area contributed by atoms with E-state index in [9.17, 15) is 9.59 Å². The lowest BCUT2D eigenvalue weighted by molar-refractivity contribution is -0.164. The molecule has 0 radical (unpaired) electrons. The molecule has 17 heavy (non-hydrogen) atoms. The minimum atomic E-state index is -0.422. The lowest BCUT2D eigenvalue weighted by Crippen LogP contribution is -2.44. The molecule has 4 nitrogen and oxygen atoms in total. The van der Waals surface area contributed by atoms with E-state index in [1.54, 1.807) is 6.08 Å². The zero-order chi connectivity index (χ0) is 12.4. The molecule has 2 aliphatic heterocycles. The van der Waals surface area contributed by atoms with Gasteiger partial charge in [-0.2, -0.15) is 0 Å². The van der Waals surface area contributed by atoms with Crippen LogP contribution in [0.3, 0.4) is 0 Å². The normalized spacial score (nSPS) is 30.5. The first kappa shape index (κ1) is 11.9. The van der Waals surface area contributed by atoms with E-state index in [0.29, 0.717) is 12.0 Å². The highest BCUT2D eigenvalue weighted by Crippen LogP contribution is 2.40. The van der Waals surface area contributed by atoms with E-state index in [1.165, 1.54) is 7.11 Å². The Kier molecular flexibility index (Phi) is 3.31. The van der Waals surface area contributed by atoms with Crippen molar-refractivity contribution in [2.24, 2.45) is 11.8 Å². The second kappa shape index (κ2) is 4.73. The summed E-state index contributed by atoms with van der Waals surface area (Å²) in [6.45, 7) is 3.68. The van der Waals surface area contributed by atoms with Gasteiger partial charge in [-0.3, -0.25) is 4.79 Å². The van der Waals surface area contributed by atoms with Crippen molar-refractivity contribution in [1.82, 2.24) is 0 Å². The highest BCUT2D eigenvalue weighted by Gasteiger charge is 2.45. The average molecular weight is 236 g/mol. The van der Waals surface area contributed by atoms with Crippen LogP contribution in [-0.2, 0) is 19.1 Å². The zero-order valence-corrected chi connectivity index (χ0v) is 9.85. The highest BCUT2D eigenvalue weighted by molar-refractivity contribution is 5.93. The van der Waals surface area contributed by atoms with Crippen LogP contribution in [0.5, 0.6) is 0 Å². The van der Waals surface area contributed by atoms with Crippen LogP contribution < -0.4 is 0 Å². The minimum Gasteiger partial charge on any atom is -0.466 e. The maximum Gasteiger partial charge on any atom is 0.337 e. The van der Waals surface area contributed by atoms with Crippen LogP contribution in [0.2, 0.25) is 0 Å². The third kappa shape index (κ3) is 2.12. The first-order valence-electron chi connectivity index (χ1n) is 5.78. The van der Waals surface area contributed by atoms with Crippen molar-refractivity contribution < 1.29 is 19.1 Å². The fraction of sp³-hybridized carbons (Fsp3) is 0.538. The number of methoxy groups -OCH3 is 1. The lowest BCUT2D eigenvalue weighted by Gasteiger charge is -2.39. The van der Waals surface area contributed by atoms with Gasteiger partial charge in [0.05, 0.1) is 18.6 Å². The fourth-order valence-corrected chi connectivity index (χ4v) is 2.52. The molecule has 0 aromatic heterocycles. The molecule has 0 amide bonds.